The average Bonchev–Trinajstić information content (AvgIpc) is 3.60. The van der Waals surface area contributed by atoms with Gasteiger partial charge in [0.2, 0.25) is 0 Å². The second-order valence-corrected chi connectivity index (χ2v) is 12.1. The molecule has 3 heteroatoms. The Morgan fingerprint density at radius 1 is 0.395 bits per heavy atom. The zero-order chi connectivity index (χ0) is 28.3. The van der Waals surface area contributed by atoms with E-state index in [4.69, 9.17) is 0 Å². The quantitative estimate of drug-likeness (QED) is 0.206. The van der Waals surface area contributed by atoms with Crippen LogP contribution in [-0.2, 0) is 0 Å². The number of hydrogen-bond acceptors (Lipinski definition) is 2. The molecule has 9 rings (SSSR count). The van der Waals surface area contributed by atoms with Crippen molar-refractivity contribution in [1.29, 1.82) is 0 Å². The van der Waals surface area contributed by atoms with E-state index in [2.05, 4.69) is 167 Å². The summed E-state index contributed by atoms with van der Waals surface area (Å²) in [6.07, 6.45) is 0. The van der Waals surface area contributed by atoms with Crippen LogP contribution in [-0.4, -0.2) is 4.57 Å². The lowest BCUT2D eigenvalue weighted by Gasteiger charge is -2.26. The van der Waals surface area contributed by atoms with Crippen LogP contribution in [0.25, 0.3) is 58.4 Å². The maximum atomic E-state index is 2.40. The van der Waals surface area contributed by atoms with Gasteiger partial charge in [-0.3, -0.25) is 0 Å². The molecule has 0 aliphatic rings. The zero-order valence-electron chi connectivity index (χ0n) is 23.3. The van der Waals surface area contributed by atoms with Crippen molar-refractivity contribution in [2.24, 2.45) is 0 Å². The highest BCUT2D eigenvalue weighted by Crippen LogP contribution is 2.42. The van der Waals surface area contributed by atoms with Crippen molar-refractivity contribution in [3.05, 3.63) is 158 Å². The normalized spacial score (nSPS) is 11.7. The molecule has 0 amide bonds. The number of hydrogen-bond donors (Lipinski definition) is 0. The van der Waals surface area contributed by atoms with Gasteiger partial charge in [0, 0.05) is 53.7 Å². The molecular formula is C40H26N2S. The standard InChI is InChI=1S/C40H26N2S/c1-2-12-29(13-3-1)41(30-19-18-27-10-4-5-11-28(27)24-30)32-20-22-35-36-25-31(21-23-39(36)43-40(35)26-32)42-37-16-8-6-14-33(37)34-15-7-9-17-38(34)42/h1-26H. The predicted octanol–water partition coefficient (Wildman–Crippen LogP) is 11.8. The largest absolute Gasteiger partial charge is 0.310 e. The SMILES string of the molecule is c1ccc(N(c2ccc3ccccc3c2)c2ccc3c(c2)sc2ccc(-n4c5ccccc5c5ccccc54)cc23)cc1. The Bertz CT molecular complexity index is 2410. The molecule has 9 aromatic rings. The molecule has 0 atom stereocenters. The Morgan fingerprint density at radius 3 is 1.84 bits per heavy atom. The zero-order valence-corrected chi connectivity index (χ0v) is 24.1. The van der Waals surface area contributed by atoms with Gasteiger partial charge >= 0.3 is 0 Å². The molecule has 0 fully saturated rings. The number of aromatic nitrogens is 1. The first-order chi connectivity index (χ1) is 21.3. The minimum absolute atomic E-state index is 1.15. The maximum absolute atomic E-state index is 2.40. The smallest absolute Gasteiger partial charge is 0.0541 e. The highest BCUT2D eigenvalue weighted by molar-refractivity contribution is 7.25. The molecule has 2 heterocycles. The van der Waals surface area contributed by atoms with Crippen LogP contribution in [0.1, 0.15) is 0 Å². The number of rotatable bonds is 4. The highest BCUT2D eigenvalue weighted by atomic mass is 32.1. The second kappa shape index (κ2) is 9.59. The highest BCUT2D eigenvalue weighted by Gasteiger charge is 2.16. The van der Waals surface area contributed by atoms with Crippen LogP contribution in [0.3, 0.4) is 0 Å². The summed E-state index contributed by atoms with van der Waals surface area (Å²) in [4.78, 5) is 2.36. The van der Waals surface area contributed by atoms with Crippen LogP contribution in [0.15, 0.2) is 158 Å². The summed E-state index contributed by atoms with van der Waals surface area (Å²) in [5.74, 6) is 0. The van der Waals surface area contributed by atoms with Crippen LogP contribution in [0, 0.1) is 0 Å². The summed E-state index contributed by atoms with van der Waals surface area (Å²) in [5, 5.41) is 7.64. The van der Waals surface area contributed by atoms with Gasteiger partial charge < -0.3 is 9.47 Å². The first-order valence-corrected chi connectivity index (χ1v) is 15.4. The summed E-state index contributed by atoms with van der Waals surface area (Å²) in [6, 6.07) is 57.2. The molecule has 0 aliphatic heterocycles. The van der Waals surface area contributed by atoms with Crippen molar-refractivity contribution in [1.82, 2.24) is 4.57 Å². The summed E-state index contributed by atoms with van der Waals surface area (Å²) in [6.45, 7) is 0. The van der Waals surface area contributed by atoms with Crippen molar-refractivity contribution in [2.45, 2.75) is 0 Å². The van der Waals surface area contributed by atoms with Gasteiger partial charge in [-0.2, -0.15) is 0 Å². The van der Waals surface area contributed by atoms with Gasteiger partial charge in [0.15, 0.2) is 0 Å². The minimum Gasteiger partial charge on any atom is -0.310 e. The summed E-state index contributed by atoms with van der Waals surface area (Å²) in [5.41, 5.74) is 7.11. The van der Waals surface area contributed by atoms with E-state index in [1.54, 1.807) is 0 Å². The van der Waals surface area contributed by atoms with Gasteiger partial charge in [-0.1, -0.05) is 91.0 Å². The van der Waals surface area contributed by atoms with Crippen LogP contribution in [0.5, 0.6) is 0 Å². The monoisotopic (exact) mass is 566 g/mol. The topological polar surface area (TPSA) is 8.17 Å². The van der Waals surface area contributed by atoms with Gasteiger partial charge in [0.1, 0.15) is 0 Å². The third kappa shape index (κ3) is 3.86. The Labute approximate surface area is 253 Å². The molecule has 2 aromatic heterocycles. The Morgan fingerprint density at radius 2 is 1.05 bits per heavy atom. The average molecular weight is 567 g/mol. The molecule has 7 aromatic carbocycles. The molecule has 0 unspecified atom stereocenters. The van der Waals surface area contributed by atoms with E-state index >= 15 is 0 Å². The van der Waals surface area contributed by atoms with E-state index in [1.165, 1.54) is 58.4 Å². The number of thiophene rings is 1. The number of para-hydroxylation sites is 3. The lowest BCUT2D eigenvalue weighted by molar-refractivity contribution is 1.19. The third-order valence-electron chi connectivity index (χ3n) is 8.54. The minimum atomic E-state index is 1.15. The van der Waals surface area contributed by atoms with Crippen molar-refractivity contribution < 1.29 is 0 Å². The van der Waals surface area contributed by atoms with Crippen LogP contribution >= 0.6 is 11.3 Å². The Balaban J connectivity index is 1.21. The van der Waals surface area contributed by atoms with Gasteiger partial charge in [0.25, 0.3) is 0 Å². The second-order valence-electron chi connectivity index (χ2n) is 11.0. The number of benzene rings is 7. The summed E-state index contributed by atoms with van der Waals surface area (Å²) in [7, 11) is 0. The fourth-order valence-electron chi connectivity index (χ4n) is 6.57. The molecule has 0 bridgehead atoms. The predicted molar refractivity (Wildman–Crippen MR) is 186 cm³/mol. The van der Waals surface area contributed by atoms with Gasteiger partial charge in [0.05, 0.1) is 11.0 Å². The van der Waals surface area contributed by atoms with Gasteiger partial charge in [-0.15, -0.1) is 11.3 Å². The van der Waals surface area contributed by atoms with Crippen molar-refractivity contribution in [3.63, 3.8) is 0 Å². The molecule has 0 radical (unpaired) electrons. The van der Waals surface area contributed by atoms with Gasteiger partial charge in [-0.25, -0.2) is 0 Å². The molecule has 0 spiro atoms. The van der Waals surface area contributed by atoms with Crippen molar-refractivity contribution in [3.8, 4) is 5.69 Å². The molecule has 0 saturated carbocycles. The van der Waals surface area contributed by atoms with E-state index in [9.17, 15) is 0 Å². The molecule has 0 aliphatic carbocycles. The van der Waals surface area contributed by atoms with Crippen LogP contribution < -0.4 is 4.90 Å². The van der Waals surface area contributed by atoms with Crippen LogP contribution in [0.2, 0.25) is 0 Å². The van der Waals surface area contributed by atoms with Crippen LogP contribution in [0.4, 0.5) is 17.1 Å². The molecule has 2 nitrogen and oxygen atoms in total. The van der Waals surface area contributed by atoms with E-state index in [0.717, 1.165) is 17.1 Å². The van der Waals surface area contributed by atoms with Crippen molar-refractivity contribution >= 4 is 81.1 Å². The Hall–Kier alpha value is -5.38. The number of anilines is 3. The fraction of sp³-hybridized carbons (Fsp3) is 0. The van der Waals surface area contributed by atoms with Crippen molar-refractivity contribution in [2.75, 3.05) is 4.90 Å². The van der Waals surface area contributed by atoms with Gasteiger partial charge in [-0.05, 0) is 77.5 Å². The lowest BCUT2D eigenvalue weighted by atomic mass is 10.1. The molecular weight excluding hydrogens is 541 g/mol. The summed E-state index contributed by atoms with van der Waals surface area (Å²) >= 11 is 1.86. The fourth-order valence-corrected chi connectivity index (χ4v) is 7.69. The molecule has 202 valence electrons. The van der Waals surface area contributed by atoms with E-state index < -0.39 is 0 Å². The third-order valence-corrected chi connectivity index (χ3v) is 9.67. The molecule has 0 saturated heterocycles. The lowest BCUT2D eigenvalue weighted by Crippen LogP contribution is -2.09. The van der Waals surface area contributed by atoms with E-state index in [0.29, 0.717) is 0 Å². The molecule has 0 N–H and O–H groups in total. The first kappa shape index (κ1) is 24.2. The number of nitrogens with zero attached hydrogens (tertiary/aromatic N) is 2. The molecule has 43 heavy (non-hydrogen) atoms. The maximum Gasteiger partial charge on any atom is 0.0541 e. The Kier molecular flexibility index (Phi) is 5.40. The van der Waals surface area contributed by atoms with E-state index in [-0.39, 0.29) is 0 Å². The van der Waals surface area contributed by atoms with E-state index in [1.807, 2.05) is 11.3 Å². The summed E-state index contributed by atoms with van der Waals surface area (Å²) < 4.78 is 4.99. The first-order valence-electron chi connectivity index (χ1n) is 14.6. The number of fused-ring (bicyclic) bond motifs is 7.